The molecule has 0 bridgehead atoms. The highest BCUT2D eigenvalue weighted by Crippen LogP contribution is 2.33. The average molecular weight is 734 g/mol. The summed E-state index contributed by atoms with van der Waals surface area (Å²) < 4.78 is 0. The number of hydrogen-bond acceptors (Lipinski definition) is 7. The number of nitrogens with zero attached hydrogens (tertiary/aromatic N) is 4. The normalized spacial score (nSPS) is 25.1. The number of hydrogen-bond donors (Lipinski definition) is 3. The Bertz CT molecular complexity index is 1120. The fraction of sp³-hybridized carbons (Fsp3) is 0.897. The SMILES string of the molecule is CC(C)CC[C@H]1C(=O)N([C@@H](CC(C)C)C(=O)N2CCC(CCN(C)C)CC2)CCN1CCCCCNC(=O)CCCCC1SCC2NC(=O)NC21. The molecule has 4 aliphatic rings. The number of thioether (sulfide) groups is 1. The van der Waals surface area contributed by atoms with E-state index >= 15 is 0 Å². The quantitative estimate of drug-likeness (QED) is 0.117. The smallest absolute Gasteiger partial charge is 0.315 e. The molecule has 4 saturated heterocycles. The number of fused-ring (bicyclic) bond motifs is 1. The van der Waals surface area contributed by atoms with Crippen LogP contribution in [0, 0.1) is 17.8 Å². The van der Waals surface area contributed by atoms with Crippen LogP contribution in [0.4, 0.5) is 4.79 Å². The first kappa shape index (κ1) is 41.7. The standard InChI is InChI=1S/C39H71N7O4S/c1-28(2)14-15-32-38(49)46(33(26-29(3)4)37(48)45-22-17-30(18-23-45)16-21-43(5)6)25-24-44(32)20-11-7-10-19-40-35(47)13-9-8-12-34-36-31(27-51-34)41-39(50)42-36/h28-34,36H,7-27H2,1-6H3,(H,40,47)(H2,41,42,50)/t31?,32-,33-,34?,36?/m0/s1. The number of carbonyl (C=O) groups is 4. The van der Waals surface area contributed by atoms with Crippen LogP contribution in [-0.2, 0) is 14.4 Å². The molecule has 12 heteroatoms. The number of piperidine rings is 1. The zero-order valence-electron chi connectivity index (χ0n) is 32.8. The molecule has 292 valence electrons. The van der Waals surface area contributed by atoms with Crippen LogP contribution < -0.4 is 16.0 Å². The number of urea groups is 1. The zero-order valence-corrected chi connectivity index (χ0v) is 33.6. The summed E-state index contributed by atoms with van der Waals surface area (Å²) in [6.07, 6.45) is 12.2. The van der Waals surface area contributed by atoms with E-state index in [2.05, 4.69) is 72.4 Å². The van der Waals surface area contributed by atoms with Crippen LogP contribution >= 0.6 is 11.8 Å². The van der Waals surface area contributed by atoms with Crippen molar-refractivity contribution < 1.29 is 19.2 Å². The molecule has 0 saturated carbocycles. The molecular weight excluding hydrogens is 663 g/mol. The van der Waals surface area contributed by atoms with Gasteiger partial charge >= 0.3 is 6.03 Å². The lowest BCUT2D eigenvalue weighted by molar-refractivity contribution is -0.154. The minimum Gasteiger partial charge on any atom is -0.356 e. The van der Waals surface area contributed by atoms with Crippen molar-refractivity contribution in [2.45, 2.75) is 141 Å². The van der Waals surface area contributed by atoms with E-state index < -0.39 is 0 Å². The first-order valence-corrected chi connectivity index (χ1v) is 21.4. The van der Waals surface area contributed by atoms with E-state index in [9.17, 15) is 19.2 Å². The van der Waals surface area contributed by atoms with Gasteiger partial charge in [0.15, 0.2) is 0 Å². The number of amides is 5. The predicted octanol–water partition coefficient (Wildman–Crippen LogP) is 4.55. The summed E-state index contributed by atoms with van der Waals surface area (Å²) in [4.78, 5) is 61.0. The van der Waals surface area contributed by atoms with Gasteiger partial charge in [-0.3, -0.25) is 19.3 Å². The van der Waals surface area contributed by atoms with Crippen LogP contribution in [0.5, 0.6) is 0 Å². The lowest BCUT2D eigenvalue weighted by Crippen LogP contribution is -2.63. The van der Waals surface area contributed by atoms with Crippen molar-refractivity contribution in [3.05, 3.63) is 0 Å². The molecule has 0 radical (unpaired) electrons. The molecule has 0 aliphatic carbocycles. The van der Waals surface area contributed by atoms with Crippen molar-refractivity contribution in [1.82, 2.24) is 35.6 Å². The van der Waals surface area contributed by atoms with Crippen molar-refractivity contribution in [2.75, 3.05) is 65.7 Å². The Morgan fingerprint density at radius 2 is 1.67 bits per heavy atom. The summed E-state index contributed by atoms with van der Waals surface area (Å²) in [5.74, 6) is 2.91. The van der Waals surface area contributed by atoms with Gasteiger partial charge in [-0.05, 0) is 109 Å². The fourth-order valence-corrected chi connectivity index (χ4v) is 9.88. The number of likely N-dealkylation sites (tertiary alicyclic amines) is 1. The van der Waals surface area contributed by atoms with Crippen molar-refractivity contribution in [3.8, 4) is 0 Å². The lowest BCUT2D eigenvalue weighted by atomic mass is 9.91. The van der Waals surface area contributed by atoms with Gasteiger partial charge in [-0.15, -0.1) is 0 Å². The third-order valence-corrected chi connectivity index (χ3v) is 13.0. The molecule has 3 unspecified atom stereocenters. The van der Waals surface area contributed by atoms with Crippen LogP contribution in [-0.4, -0.2) is 138 Å². The van der Waals surface area contributed by atoms with Crippen LogP contribution in [0.1, 0.15) is 111 Å². The van der Waals surface area contributed by atoms with E-state index in [0.717, 1.165) is 103 Å². The second-order valence-corrected chi connectivity index (χ2v) is 18.1. The van der Waals surface area contributed by atoms with Gasteiger partial charge in [-0.1, -0.05) is 40.5 Å². The molecule has 5 amide bonds. The fourth-order valence-electron chi connectivity index (χ4n) is 8.33. The predicted molar refractivity (Wildman–Crippen MR) is 208 cm³/mol. The van der Waals surface area contributed by atoms with Crippen molar-refractivity contribution in [3.63, 3.8) is 0 Å². The van der Waals surface area contributed by atoms with E-state index in [0.29, 0.717) is 48.9 Å². The summed E-state index contributed by atoms with van der Waals surface area (Å²) in [5.41, 5.74) is 0. The lowest BCUT2D eigenvalue weighted by Gasteiger charge is -2.45. The van der Waals surface area contributed by atoms with Gasteiger partial charge in [0, 0.05) is 50.1 Å². The Hall–Kier alpha value is -2.05. The van der Waals surface area contributed by atoms with Gasteiger partial charge in [-0.25, -0.2) is 4.79 Å². The van der Waals surface area contributed by atoms with E-state index in [1.807, 2.05) is 16.7 Å². The first-order chi connectivity index (χ1) is 24.4. The van der Waals surface area contributed by atoms with E-state index in [-0.39, 0.29) is 47.9 Å². The Kier molecular flexibility index (Phi) is 17.2. The van der Waals surface area contributed by atoms with Crippen molar-refractivity contribution in [1.29, 1.82) is 0 Å². The highest BCUT2D eigenvalue weighted by atomic mass is 32.2. The zero-order chi connectivity index (χ0) is 36.9. The molecule has 4 rings (SSSR count). The molecular formula is C39H71N7O4S. The maximum Gasteiger partial charge on any atom is 0.315 e. The topological polar surface area (TPSA) is 117 Å². The Morgan fingerprint density at radius 1 is 0.902 bits per heavy atom. The van der Waals surface area contributed by atoms with Crippen LogP contribution in [0.2, 0.25) is 0 Å². The number of unbranched alkanes of at least 4 members (excludes halogenated alkanes) is 3. The first-order valence-electron chi connectivity index (χ1n) is 20.4. The van der Waals surface area contributed by atoms with Crippen LogP contribution in [0.15, 0.2) is 0 Å². The van der Waals surface area contributed by atoms with Crippen LogP contribution in [0.25, 0.3) is 0 Å². The van der Waals surface area contributed by atoms with Gasteiger partial charge < -0.3 is 30.7 Å². The minimum absolute atomic E-state index is 0.0485. The molecule has 11 nitrogen and oxygen atoms in total. The average Bonchev–Trinajstić information content (AvgIpc) is 3.64. The molecule has 3 N–H and O–H groups in total. The molecule has 51 heavy (non-hydrogen) atoms. The molecule has 0 aromatic carbocycles. The van der Waals surface area contributed by atoms with Gasteiger partial charge in [0.25, 0.3) is 0 Å². The van der Waals surface area contributed by atoms with E-state index in [4.69, 9.17) is 0 Å². The molecule has 5 atom stereocenters. The van der Waals surface area contributed by atoms with Crippen molar-refractivity contribution in [2.24, 2.45) is 17.8 Å². The minimum atomic E-state index is -0.371. The Balaban J connectivity index is 1.18. The molecule has 0 spiro atoms. The summed E-state index contributed by atoms with van der Waals surface area (Å²) in [6.45, 7) is 14.4. The molecule has 0 aromatic heterocycles. The second kappa shape index (κ2) is 21.0. The highest BCUT2D eigenvalue weighted by molar-refractivity contribution is 8.00. The molecule has 4 heterocycles. The van der Waals surface area contributed by atoms with Gasteiger partial charge in [0.2, 0.25) is 17.7 Å². The maximum atomic E-state index is 14.3. The monoisotopic (exact) mass is 734 g/mol. The molecule has 4 aliphatic heterocycles. The van der Waals surface area contributed by atoms with Gasteiger partial charge in [0.05, 0.1) is 18.1 Å². The van der Waals surface area contributed by atoms with E-state index in [1.165, 1.54) is 6.42 Å². The number of carbonyl (C=O) groups excluding carboxylic acids is 4. The van der Waals surface area contributed by atoms with Gasteiger partial charge in [0.1, 0.15) is 6.04 Å². The summed E-state index contributed by atoms with van der Waals surface area (Å²) in [5, 5.41) is 9.57. The highest BCUT2D eigenvalue weighted by Gasteiger charge is 2.43. The van der Waals surface area contributed by atoms with Crippen LogP contribution in [0.3, 0.4) is 0 Å². The maximum absolute atomic E-state index is 14.3. The van der Waals surface area contributed by atoms with E-state index in [1.54, 1.807) is 0 Å². The summed E-state index contributed by atoms with van der Waals surface area (Å²) in [6, 6.07) is -0.112. The third kappa shape index (κ3) is 13.1. The number of piperazine rings is 1. The largest absolute Gasteiger partial charge is 0.356 e. The Morgan fingerprint density at radius 3 is 2.37 bits per heavy atom. The summed E-state index contributed by atoms with van der Waals surface area (Å²) in [7, 11) is 4.24. The summed E-state index contributed by atoms with van der Waals surface area (Å²) >= 11 is 1.92. The third-order valence-electron chi connectivity index (χ3n) is 11.4. The van der Waals surface area contributed by atoms with Crippen molar-refractivity contribution >= 4 is 35.5 Å². The number of rotatable bonds is 21. The second-order valence-electron chi connectivity index (χ2n) is 16.8. The Labute approximate surface area is 313 Å². The van der Waals surface area contributed by atoms with Gasteiger partial charge in [-0.2, -0.15) is 11.8 Å². The number of nitrogens with one attached hydrogen (secondary N) is 3. The molecule has 0 aromatic rings. The molecule has 4 fully saturated rings.